The number of hydrogen-bond acceptors (Lipinski definition) is 2. The van der Waals surface area contributed by atoms with Gasteiger partial charge in [-0.15, -0.1) is 0 Å². The lowest BCUT2D eigenvalue weighted by molar-refractivity contribution is 0.0811. The number of likely N-dealkylation sites (N-methyl/N-ethyl adjacent to an activating group) is 1. The van der Waals surface area contributed by atoms with E-state index in [9.17, 15) is 5.11 Å². The van der Waals surface area contributed by atoms with Crippen LogP contribution < -0.4 is 0 Å². The Bertz CT molecular complexity index is 1480. The minimum atomic E-state index is -0.465. The molecule has 1 aliphatic rings. The summed E-state index contributed by atoms with van der Waals surface area (Å²) in [4.78, 5) is 2.40. The van der Waals surface area contributed by atoms with E-state index in [-0.39, 0.29) is 0 Å². The molecule has 3 nitrogen and oxygen atoms in total. The number of aromatic nitrogens is 1. The molecule has 188 valence electrons. The molecule has 1 aliphatic carbocycles. The molecule has 0 saturated heterocycles. The van der Waals surface area contributed by atoms with E-state index >= 15 is 0 Å². The van der Waals surface area contributed by atoms with Crippen molar-refractivity contribution < 1.29 is 5.11 Å². The van der Waals surface area contributed by atoms with Crippen LogP contribution in [-0.4, -0.2) is 40.3 Å². The minimum absolute atomic E-state index is 0.465. The molecule has 1 heterocycles. The quantitative estimate of drug-likeness (QED) is 0.254. The molecule has 0 bridgehead atoms. The monoisotopic (exact) mass is 488 g/mol. The standard InChI is InChI=1S/C34H36N2O/c1-35(28-18-9-4-10-19-28)23-29(37)24-36-33(27-16-7-3-8-17-27)32(26-14-5-2-6-15-26)31-22-21-25-13-11-12-20-30(25)34(31)36/h2-3,5-8,11-17,20-22,28-29,37H,4,9-10,18-19,23-24H2,1H3/t29-/m0/s1. The molecule has 0 amide bonds. The molecule has 5 aromatic rings. The van der Waals surface area contributed by atoms with Crippen LogP contribution in [0.1, 0.15) is 32.1 Å². The van der Waals surface area contributed by atoms with Crippen molar-refractivity contribution in [2.24, 2.45) is 0 Å². The van der Waals surface area contributed by atoms with E-state index in [0.717, 1.165) is 0 Å². The van der Waals surface area contributed by atoms with E-state index < -0.39 is 6.10 Å². The van der Waals surface area contributed by atoms with Crippen LogP contribution in [0.25, 0.3) is 44.1 Å². The summed E-state index contributed by atoms with van der Waals surface area (Å²) in [6, 6.07) is 35.1. The topological polar surface area (TPSA) is 28.4 Å². The van der Waals surface area contributed by atoms with Crippen LogP contribution in [0.5, 0.6) is 0 Å². The summed E-state index contributed by atoms with van der Waals surface area (Å²) in [5.41, 5.74) is 6.00. The Morgan fingerprint density at radius 2 is 1.41 bits per heavy atom. The van der Waals surface area contributed by atoms with Crippen molar-refractivity contribution in [3.8, 4) is 22.4 Å². The number of hydrogen-bond donors (Lipinski definition) is 1. The van der Waals surface area contributed by atoms with Gasteiger partial charge in [0.2, 0.25) is 0 Å². The van der Waals surface area contributed by atoms with Gasteiger partial charge >= 0.3 is 0 Å². The van der Waals surface area contributed by atoms with Gasteiger partial charge in [0.25, 0.3) is 0 Å². The first-order chi connectivity index (χ1) is 18.2. The largest absolute Gasteiger partial charge is 0.390 e. The number of nitrogens with zero attached hydrogens (tertiary/aromatic N) is 2. The summed E-state index contributed by atoms with van der Waals surface area (Å²) < 4.78 is 2.40. The fraction of sp³-hybridized carbons (Fsp3) is 0.294. The third kappa shape index (κ3) is 4.70. The fourth-order valence-electron chi connectivity index (χ4n) is 6.37. The number of rotatable bonds is 7. The zero-order valence-corrected chi connectivity index (χ0v) is 21.7. The second kappa shape index (κ2) is 10.5. The molecule has 1 saturated carbocycles. The number of fused-ring (bicyclic) bond motifs is 3. The van der Waals surface area contributed by atoms with Crippen LogP contribution >= 0.6 is 0 Å². The predicted molar refractivity (Wildman–Crippen MR) is 156 cm³/mol. The first kappa shape index (κ1) is 24.0. The summed E-state index contributed by atoms with van der Waals surface area (Å²) in [7, 11) is 2.19. The molecule has 1 aromatic heterocycles. The van der Waals surface area contributed by atoms with Gasteiger partial charge in [-0.1, -0.05) is 116 Å². The van der Waals surface area contributed by atoms with Crippen molar-refractivity contribution in [3.05, 3.63) is 97.1 Å². The normalized spacial score (nSPS) is 15.5. The summed E-state index contributed by atoms with van der Waals surface area (Å²) in [5.74, 6) is 0. The zero-order valence-electron chi connectivity index (χ0n) is 21.7. The smallest absolute Gasteiger partial charge is 0.0845 e. The van der Waals surface area contributed by atoms with Crippen LogP contribution in [0.3, 0.4) is 0 Å². The van der Waals surface area contributed by atoms with Crippen molar-refractivity contribution in [2.75, 3.05) is 13.6 Å². The van der Waals surface area contributed by atoms with Crippen LogP contribution in [0.4, 0.5) is 0 Å². The van der Waals surface area contributed by atoms with Gasteiger partial charge in [-0.25, -0.2) is 0 Å². The highest BCUT2D eigenvalue weighted by Crippen LogP contribution is 2.43. The molecule has 0 spiro atoms. The summed E-state index contributed by atoms with van der Waals surface area (Å²) >= 11 is 0. The van der Waals surface area contributed by atoms with Gasteiger partial charge in [0.1, 0.15) is 0 Å². The Morgan fingerprint density at radius 1 is 0.757 bits per heavy atom. The molecule has 1 N–H and O–H groups in total. The third-order valence-corrected chi connectivity index (χ3v) is 8.15. The highest BCUT2D eigenvalue weighted by molar-refractivity contribution is 6.15. The lowest BCUT2D eigenvalue weighted by Crippen LogP contribution is -2.40. The minimum Gasteiger partial charge on any atom is -0.390 e. The van der Waals surface area contributed by atoms with Gasteiger partial charge in [-0.3, -0.25) is 0 Å². The SMILES string of the molecule is CN(C[C@H](O)Cn1c(-c2ccccc2)c(-c2ccccc2)c2ccc3ccccc3c21)C1CCCCC1. The second-order valence-corrected chi connectivity index (χ2v) is 10.6. The van der Waals surface area contributed by atoms with Crippen molar-refractivity contribution in [1.82, 2.24) is 9.47 Å². The summed E-state index contributed by atoms with van der Waals surface area (Å²) in [6.07, 6.45) is 5.97. The molecule has 0 radical (unpaired) electrons. The number of aliphatic hydroxyl groups excluding tert-OH is 1. The van der Waals surface area contributed by atoms with E-state index in [1.165, 1.54) is 76.2 Å². The van der Waals surface area contributed by atoms with Gasteiger partial charge in [-0.05, 0) is 36.4 Å². The molecule has 1 fully saturated rings. The molecular formula is C34H36N2O. The maximum atomic E-state index is 11.5. The lowest BCUT2D eigenvalue weighted by Gasteiger charge is -2.32. The van der Waals surface area contributed by atoms with E-state index in [1.54, 1.807) is 0 Å². The predicted octanol–water partition coefficient (Wildman–Crippen LogP) is 7.75. The first-order valence-corrected chi connectivity index (χ1v) is 13.7. The Morgan fingerprint density at radius 3 is 2.14 bits per heavy atom. The molecule has 0 unspecified atom stereocenters. The van der Waals surface area contributed by atoms with Crippen molar-refractivity contribution in [1.29, 1.82) is 0 Å². The van der Waals surface area contributed by atoms with Gasteiger partial charge in [0.15, 0.2) is 0 Å². The zero-order chi connectivity index (χ0) is 25.2. The van der Waals surface area contributed by atoms with Gasteiger partial charge in [0.05, 0.1) is 23.9 Å². The number of aliphatic hydroxyl groups is 1. The summed E-state index contributed by atoms with van der Waals surface area (Å²) in [5, 5.41) is 15.2. The Labute approximate surface area is 220 Å². The molecule has 0 aliphatic heterocycles. The van der Waals surface area contributed by atoms with Crippen LogP contribution in [-0.2, 0) is 6.54 Å². The average Bonchev–Trinajstić information content (AvgIpc) is 3.28. The molecule has 37 heavy (non-hydrogen) atoms. The van der Waals surface area contributed by atoms with Crippen molar-refractivity contribution >= 4 is 21.7 Å². The van der Waals surface area contributed by atoms with Crippen molar-refractivity contribution in [2.45, 2.75) is 50.8 Å². The first-order valence-electron chi connectivity index (χ1n) is 13.7. The van der Waals surface area contributed by atoms with E-state index in [0.29, 0.717) is 19.1 Å². The highest BCUT2D eigenvalue weighted by Gasteiger charge is 2.25. The van der Waals surface area contributed by atoms with Crippen LogP contribution in [0.2, 0.25) is 0 Å². The maximum Gasteiger partial charge on any atom is 0.0845 e. The Hall–Kier alpha value is -3.40. The van der Waals surface area contributed by atoms with Gasteiger partial charge < -0.3 is 14.6 Å². The average molecular weight is 489 g/mol. The number of benzene rings is 4. The van der Waals surface area contributed by atoms with Crippen LogP contribution in [0.15, 0.2) is 97.1 Å². The molecule has 4 aromatic carbocycles. The Balaban J connectivity index is 1.53. The third-order valence-electron chi connectivity index (χ3n) is 8.15. The highest BCUT2D eigenvalue weighted by atomic mass is 16.3. The van der Waals surface area contributed by atoms with E-state index in [1.807, 2.05) is 0 Å². The van der Waals surface area contributed by atoms with Crippen LogP contribution in [0, 0.1) is 0 Å². The van der Waals surface area contributed by atoms with E-state index in [2.05, 4.69) is 114 Å². The van der Waals surface area contributed by atoms with Gasteiger partial charge in [0, 0.05) is 28.9 Å². The molecular weight excluding hydrogens is 452 g/mol. The maximum absolute atomic E-state index is 11.5. The molecule has 1 atom stereocenters. The molecule has 3 heteroatoms. The van der Waals surface area contributed by atoms with E-state index in [4.69, 9.17) is 0 Å². The summed E-state index contributed by atoms with van der Waals surface area (Å²) in [6.45, 7) is 1.24. The fourth-order valence-corrected chi connectivity index (χ4v) is 6.37. The van der Waals surface area contributed by atoms with Gasteiger partial charge in [-0.2, -0.15) is 0 Å². The Kier molecular flexibility index (Phi) is 6.82. The molecule has 6 rings (SSSR count). The van der Waals surface area contributed by atoms with Crippen molar-refractivity contribution in [3.63, 3.8) is 0 Å². The lowest BCUT2D eigenvalue weighted by atomic mass is 9.94. The second-order valence-electron chi connectivity index (χ2n) is 10.6.